The quantitative estimate of drug-likeness (QED) is 0.844. The number of hydrogen-bond donors (Lipinski definition) is 1. The molecule has 0 aliphatic carbocycles. The van der Waals surface area contributed by atoms with E-state index in [4.69, 9.17) is 0 Å². The van der Waals surface area contributed by atoms with E-state index in [0.29, 0.717) is 18.5 Å². The van der Waals surface area contributed by atoms with Crippen LogP contribution >= 0.6 is 0 Å². The highest BCUT2D eigenvalue weighted by Crippen LogP contribution is 2.17. The molecule has 0 unspecified atom stereocenters. The van der Waals surface area contributed by atoms with Crippen molar-refractivity contribution in [3.05, 3.63) is 23.9 Å². The number of nitrogens with zero attached hydrogens (tertiary/aromatic N) is 2. The van der Waals surface area contributed by atoms with Crippen LogP contribution in [0.15, 0.2) is 18.3 Å². The van der Waals surface area contributed by atoms with Gasteiger partial charge in [-0.05, 0) is 24.5 Å². The number of nitrogens with one attached hydrogen (secondary N) is 1. The molecule has 1 aromatic heterocycles. The Kier molecular flexibility index (Phi) is 6.60. The molecule has 1 saturated heterocycles. The van der Waals surface area contributed by atoms with Gasteiger partial charge in [0.1, 0.15) is 0 Å². The molecule has 0 atom stereocenters. The van der Waals surface area contributed by atoms with Gasteiger partial charge in [0.15, 0.2) is 6.61 Å². The second kappa shape index (κ2) is 8.68. The number of rotatable bonds is 6. The van der Waals surface area contributed by atoms with Gasteiger partial charge < -0.3 is 15.0 Å². The van der Waals surface area contributed by atoms with E-state index in [1.54, 1.807) is 6.07 Å². The van der Waals surface area contributed by atoms with E-state index in [-0.39, 0.29) is 30.8 Å². The fraction of sp³-hybridized carbons (Fsp3) is 0.562. The van der Waals surface area contributed by atoms with Crippen LogP contribution in [0.25, 0.3) is 0 Å². The maximum Gasteiger partial charge on any atom is 0.422 e. The fourth-order valence-corrected chi connectivity index (χ4v) is 2.43. The first kappa shape index (κ1) is 19.0. The zero-order valence-electron chi connectivity index (χ0n) is 13.6. The number of hydrogen-bond acceptors (Lipinski definition) is 4. The molecule has 1 aromatic rings. The largest absolute Gasteiger partial charge is 0.468 e. The first-order valence-electron chi connectivity index (χ1n) is 8.02. The lowest BCUT2D eigenvalue weighted by Gasteiger charge is -2.19. The van der Waals surface area contributed by atoms with Gasteiger partial charge in [0.25, 0.3) is 0 Å². The Bertz CT molecular complexity index is 608. The van der Waals surface area contributed by atoms with E-state index in [0.717, 1.165) is 19.3 Å². The standard InChI is InChI=1S/C16H20F3N3O3/c17-16(18,19)11-25-14-8-12(5-6-20-14)9-21-13(23)10-22-7-3-1-2-4-15(22)24/h5-6,8H,1-4,7,9-11H2,(H,21,23). The van der Waals surface area contributed by atoms with Crippen LogP contribution in [0, 0.1) is 0 Å². The zero-order valence-corrected chi connectivity index (χ0v) is 13.6. The SMILES string of the molecule is O=C(CN1CCCCCC1=O)NCc1ccnc(OCC(F)(F)F)c1. The van der Waals surface area contributed by atoms with E-state index in [9.17, 15) is 22.8 Å². The minimum absolute atomic E-state index is 0.0126. The summed E-state index contributed by atoms with van der Waals surface area (Å²) >= 11 is 0. The van der Waals surface area contributed by atoms with Crippen LogP contribution in [0.4, 0.5) is 13.2 Å². The zero-order chi connectivity index (χ0) is 18.3. The monoisotopic (exact) mass is 359 g/mol. The van der Waals surface area contributed by atoms with Crippen molar-refractivity contribution in [1.82, 2.24) is 15.2 Å². The third-order valence-corrected chi connectivity index (χ3v) is 3.68. The molecule has 1 aliphatic rings. The normalized spacial score (nSPS) is 15.6. The van der Waals surface area contributed by atoms with E-state index in [1.165, 1.54) is 17.2 Å². The third kappa shape index (κ3) is 6.98. The van der Waals surface area contributed by atoms with Crippen molar-refractivity contribution in [1.29, 1.82) is 0 Å². The Morgan fingerprint density at radius 1 is 1.32 bits per heavy atom. The molecule has 0 aromatic carbocycles. The summed E-state index contributed by atoms with van der Waals surface area (Å²) in [6, 6.07) is 2.90. The minimum atomic E-state index is -4.44. The Labute approximate surface area is 143 Å². The Balaban J connectivity index is 1.82. The Hall–Kier alpha value is -2.32. The lowest BCUT2D eigenvalue weighted by molar-refractivity contribution is -0.154. The van der Waals surface area contributed by atoms with Crippen LogP contribution in [0.2, 0.25) is 0 Å². The molecule has 138 valence electrons. The van der Waals surface area contributed by atoms with Gasteiger partial charge in [-0.25, -0.2) is 4.98 Å². The van der Waals surface area contributed by atoms with Crippen LogP contribution in [-0.2, 0) is 16.1 Å². The Morgan fingerprint density at radius 2 is 2.12 bits per heavy atom. The highest BCUT2D eigenvalue weighted by molar-refractivity contribution is 5.84. The lowest BCUT2D eigenvalue weighted by atomic mass is 10.2. The smallest absolute Gasteiger partial charge is 0.422 e. The second-order valence-corrected chi connectivity index (χ2v) is 5.81. The summed E-state index contributed by atoms with van der Waals surface area (Å²) in [7, 11) is 0. The molecule has 0 bridgehead atoms. The van der Waals surface area contributed by atoms with Gasteiger partial charge in [-0.2, -0.15) is 13.2 Å². The topological polar surface area (TPSA) is 71.5 Å². The summed E-state index contributed by atoms with van der Waals surface area (Å²) in [6.07, 6.45) is 0.0220. The number of carbonyl (C=O) groups is 2. The number of ether oxygens (including phenoxy) is 1. The summed E-state index contributed by atoms with van der Waals surface area (Å²) in [6.45, 7) is -0.753. The molecule has 1 fully saturated rings. The number of carbonyl (C=O) groups excluding carboxylic acids is 2. The molecule has 25 heavy (non-hydrogen) atoms. The second-order valence-electron chi connectivity index (χ2n) is 5.81. The predicted molar refractivity (Wildman–Crippen MR) is 82.7 cm³/mol. The first-order chi connectivity index (χ1) is 11.8. The van der Waals surface area contributed by atoms with Gasteiger partial charge in [0.2, 0.25) is 17.7 Å². The predicted octanol–water partition coefficient (Wildman–Crippen LogP) is 2.04. The van der Waals surface area contributed by atoms with Crippen molar-refractivity contribution in [3.63, 3.8) is 0 Å². The summed E-state index contributed by atoms with van der Waals surface area (Å²) in [5, 5.41) is 2.65. The van der Waals surface area contributed by atoms with Crippen LogP contribution in [0.5, 0.6) is 5.88 Å². The maximum atomic E-state index is 12.1. The number of alkyl halides is 3. The van der Waals surface area contributed by atoms with E-state index < -0.39 is 12.8 Å². The third-order valence-electron chi connectivity index (χ3n) is 3.68. The molecule has 2 amide bonds. The van der Waals surface area contributed by atoms with Crippen molar-refractivity contribution >= 4 is 11.8 Å². The van der Waals surface area contributed by atoms with Crippen LogP contribution in [-0.4, -0.2) is 47.6 Å². The average Bonchev–Trinajstić information content (AvgIpc) is 2.76. The highest BCUT2D eigenvalue weighted by atomic mass is 19.4. The van der Waals surface area contributed by atoms with E-state index in [2.05, 4.69) is 15.0 Å². The lowest BCUT2D eigenvalue weighted by Crippen LogP contribution is -2.40. The molecule has 1 aliphatic heterocycles. The number of pyridine rings is 1. The van der Waals surface area contributed by atoms with Crippen molar-refractivity contribution in [3.8, 4) is 5.88 Å². The molecule has 2 heterocycles. The highest BCUT2D eigenvalue weighted by Gasteiger charge is 2.28. The van der Waals surface area contributed by atoms with Crippen LogP contribution in [0.3, 0.4) is 0 Å². The summed E-state index contributed by atoms with van der Waals surface area (Å²) < 4.78 is 41.0. The number of aromatic nitrogens is 1. The number of halogens is 3. The number of likely N-dealkylation sites (tertiary alicyclic amines) is 1. The van der Waals surface area contributed by atoms with Gasteiger partial charge in [-0.1, -0.05) is 6.42 Å². The van der Waals surface area contributed by atoms with Gasteiger partial charge in [-0.15, -0.1) is 0 Å². The van der Waals surface area contributed by atoms with Crippen molar-refractivity contribution in [2.45, 2.75) is 38.4 Å². The first-order valence-corrected chi connectivity index (χ1v) is 8.02. The summed E-state index contributed by atoms with van der Waals surface area (Å²) in [4.78, 5) is 29.1. The molecule has 1 N–H and O–H groups in total. The molecule has 0 saturated carbocycles. The van der Waals surface area contributed by atoms with Gasteiger partial charge in [-0.3, -0.25) is 9.59 Å². The molecule has 9 heteroatoms. The molecule has 6 nitrogen and oxygen atoms in total. The Morgan fingerprint density at radius 3 is 2.88 bits per heavy atom. The molecule has 0 spiro atoms. The summed E-state index contributed by atoms with van der Waals surface area (Å²) in [5.41, 5.74) is 0.558. The molecular formula is C16H20F3N3O3. The molecule has 2 rings (SSSR count). The summed E-state index contributed by atoms with van der Waals surface area (Å²) in [5.74, 6) is -0.504. The minimum Gasteiger partial charge on any atom is -0.468 e. The molecular weight excluding hydrogens is 339 g/mol. The fourth-order valence-electron chi connectivity index (χ4n) is 2.43. The van der Waals surface area contributed by atoms with Crippen molar-refractivity contribution in [2.75, 3.05) is 19.7 Å². The van der Waals surface area contributed by atoms with E-state index >= 15 is 0 Å². The number of amides is 2. The van der Waals surface area contributed by atoms with Gasteiger partial charge in [0.05, 0.1) is 6.54 Å². The van der Waals surface area contributed by atoms with Gasteiger partial charge >= 0.3 is 6.18 Å². The van der Waals surface area contributed by atoms with Gasteiger partial charge in [0, 0.05) is 31.8 Å². The maximum absolute atomic E-state index is 12.1. The average molecular weight is 359 g/mol. The van der Waals surface area contributed by atoms with E-state index in [1.807, 2.05) is 0 Å². The molecule has 0 radical (unpaired) electrons. The van der Waals surface area contributed by atoms with Crippen LogP contribution in [0.1, 0.15) is 31.2 Å². The van der Waals surface area contributed by atoms with Crippen molar-refractivity contribution in [2.24, 2.45) is 0 Å². The van der Waals surface area contributed by atoms with Crippen molar-refractivity contribution < 1.29 is 27.5 Å². The van der Waals surface area contributed by atoms with Crippen LogP contribution < -0.4 is 10.1 Å².